The van der Waals surface area contributed by atoms with Gasteiger partial charge in [0.25, 0.3) is 0 Å². The molecule has 1 aliphatic rings. The van der Waals surface area contributed by atoms with E-state index in [0.29, 0.717) is 18.1 Å². The first-order valence-electron chi connectivity index (χ1n) is 5.91. The Morgan fingerprint density at radius 2 is 2.38 bits per heavy atom. The van der Waals surface area contributed by atoms with Crippen LogP contribution < -0.4 is 5.32 Å². The summed E-state index contributed by atoms with van der Waals surface area (Å²) >= 11 is 1.70. The van der Waals surface area contributed by atoms with Crippen LogP contribution in [0, 0.1) is 12.3 Å². The van der Waals surface area contributed by atoms with Crippen molar-refractivity contribution in [3.05, 3.63) is 16.1 Å². The summed E-state index contributed by atoms with van der Waals surface area (Å²) < 4.78 is 0. The SMILES string of the molecule is Cc1nc(C(C)NCC2(CCO)CC2)cs1. The van der Waals surface area contributed by atoms with Crippen LogP contribution in [0.5, 0.6) is 0 Å². The van der Waals surface area contributed by atoms with Crippen LogP contribution in [0.2, 0.25) is 0 Å². The lowest BCUT2D eigenvalue weighted by Gasteiger charge is -2.18. The van der Waals surface area contributed by atoms with E-state index < -0.39 is 0 Å². The maximum Gasteiger partial charge on any atom is 0.0898 e. The van der Waals surface area contributed by atoms with Crippen LogP contribution in [0.3, 0.4) is 0 Å². The summed E-state index contributed by atoms with van der Waals surface area (Å²) in [6, 6.07) is 0.320. The lowest BCUT2D eigenvalue weighted by molar-refractivity contribution is 0.242. The van der Waals surface area contributed by atoms with Crippen LogP contribution in [-0.2, 0) is 0 Å². The largest absolute Gasteiger partial charge is 0.396 e. The number of aliphatic hydroxyl groups is 1. The van der Waals surface area contributed by atoms with Gasteiger partial charge in [0, 0.05) is 24.6 Å². The highest BCUT2D eigenvalue weighted by Gasteiger charge is 2.41. The minimum atomic E-state index is 0.311. The number of nitrogens with zero attached hydrogens (tertiary/aromatic N) is 1. The lowest BCUT2D eigenvalue weighted by Crippen LogP contribution is -2.27. The van der Waals surface area contributed by atoms with Crippen LogP contribution in [0.25, 0.3) is 0 Å². The Hall–Kier alpha value is -0.450. The second-order valence-electron chi connectivity index (χ2n) is 4.87. The zero-order valence-corrected chi connectivity index (χ0v) is 10.8. The highest BCUT2D eigenvalue weighted by molar-refractivity contribution is 7.09. The number of rotatable bonds is 6. The van der Waals surface area contributed by atoms with Gasteiger partial charge >= 0.3 is 0 Å². The van der Waals surface area contributed by atoms with Crippen molar-refractivity contribution in [2.45, 2.75) is 39.2 Å². The van der Waals surface area contributed by atoms with Gasteiger partial charge in [0.05, 0.1) is 10.7 Å². The third kappa shape index (κ3) is 2.81. The molecule has 0 spiro atoms. The molecular formula is C12H20N2OS. The minimum absolute atomic E-state index is 0.311. The summed E-state index contributed by atoms with van der Waals surface area (Å²) in [4.78, 5) is 4.48. The van der Waals surface area contributed by atoms with Crippen LogP contribution >= 0.6 is 11.3 Å². The molecular weight excluding hydrogens is 220 g/mol. The monoisotopic (exact) mass is 240 g/mol. The molecule has 0 amide bonds. The van der Waals surface area contributed by atoms with E-state index in [-0.39, 0.29) is 0 Å². The number of nitrogens with one attached hydrogen (secondary N) is 1. The van der Waals surface area contributed by atoms with Crippen LogP contribution in [0.1, 0.15) is 42.9 Å². The Kier molecular flexibility index (Phi) is 3.62. The quantitative estimate of drug-likeness (QED) is 0.801. The molecule has 4 heteroatoms. The van der Waals surface area contributed by atoms with Gasteiger partial charge in [-0.15, -0.1) is 11.3 Å². The van der Waals surface area contributed by atoms with Gasteiger partial charge in [-0.2, -0.15) is 0 Å². The average molecular weight is 240 g/mol. The zero-order chi connectivity index (χ0) is 11.6. The molecule has 3 nitrogen and oxygen atoms in total. The Bertz CT molecular complexity index is 347. The Morgan fingerprint density at radius 3 is 2.88 bits per heavy atom. The molecule has 0 saturated heterocycles. The summed E-state index contributed by atoms with van der Waals surface area (Å²) in [5.74, 6) is 0. The van der Waals surface area contributed by atoms with E-state index in [4.69, 9.17) is 5.11 Å². The van der Waals surface area contributed by atoms with Crippen molar-refractivity contribution < 1.29 is 5.11 Å². The number of hydrogen-bond acceptors (Lipinski definition) is 4. The van der Waals surface area contributed by atoms with Gasteiger partial charge in [-0.1, -0.05) is 0 Å². The van der Waals surface area contributed by atoms with Gasteiger partial charge < -0.3 is 10.4 Å². The van der Waals surface area contributed by atoms with Crippen LogP contribution in [-0.4, -0.2) is 23.2 Å². The molecule has 16 heavy (non-hydrogen) atoms. The second-order valence-corrected chi connectivity index (χ2v) is 5.93. The topological polar surface area (TPSA) is 45.2 Å². The van der Waals surface area contributed by atoms with E-state index in [1.807, 2.05) is 6.92 Å². The number of thiazole rings is 1. The van der Waals surface area contributed by atoms with E-state index in [0.717, 1.165) is 23.7 Å². The fraction of sp³-hybridized carbons (Fsp3) is 0.750. The van der Waals surface area contributed by atoms with Crippen molar-refractivity contribution in [2.24, 2.45) is 5.41 Å². The minimum Gasteiger partial charge on any atom is -0.396 e. The maximum atomic E-state index is 8.99. The third-order valence-electron chi connectivity index (χ3n) is 3.46. The molecule has 1 fully saturated rings. The number of aliphatic hydroxyl groups excluding tert-OH is 1. The van der Waals surface area contributed by atoms with Crippen LogP contribution in [0.4, 0.5) is 0 Å². The predicted molar refractivity (Wildman–Crippen MR) is 66.6 cm³/mol. The average Bonchev–Trinajstić information content (AvgIpc) is 2.89. The van der Waals surface area contributed by atoms with Gasteiger partial charge in [-0.3, -0.25) is 0 Å². The predicted octanol–water partition coefficient (Wildman–Crippen LogP) is 2.26. The van der Waals surface area contributed by atoms with Gasteiger partial charge in [0.1, 0.15) is 0 Å². The normalized spacial score (nSPS) is 19.7. The van der Waals surface area contributed by atoms with Gasteiger partial charge in [-0.25, -0.2) is 4.98 Å². The van der Waals surface area contributed by atoms with E-state index in [9.17, 15) is 0 Å². The first kappa shape index (κ1) is 12.0. The number of aromatic nitrogens is 1. The molecule has 90 valence electrons. The molecule has 1 aromatic rings. The molecule has 2 N–H and O–H groups in total. The van der Waals surface area contributed by atoms with Gasteiger partial charge in [0.15, 0.2) is 0 Å². The summed E-state index contributed by atoms with van der Waals surface area (Å²) in [6.07, 6.45) is 3.44. The number of hydrogen-bond donors (Lipinski definition) is 2. The molecule has 0 aliphatic heterocycles. The highest BCUT2D eigenvalue weighted by atomic mass is 32.1. The smallest absolute Gasteiger partial charge is 0.0898 e. The lowest BCUT2D eigenvalue weighted by atomic mass is 10.0. The summed E-state index contributed by atoms with van der Waals surface area (Å²) in [6.45, 7) is 5.51. The molecule has 1 atom stereocenters. The Labute approximate surface area is 101 Å². The maximum absolute atomic E-state index is 8.99. The Balaban J connectivity index is 1.82. The molecule has 1 saturated carbocycles. The molecule has 0 bridgehead atoms. The molecule has 1 unspecified atom stereocenters. The zero-order valence-electron chi connectivity index (χ0n) is 9.99. The molecule has 0 radical (unpaired) electrons. The van der Waals surface area contributed by atoms with Crippen molar-refractivity contribution in [2.75, 3.05) is 13.2 Å². The Morgan fingerprint density at radius 1 is 1.62 bits per heavy atom. The van der Waals surface area contributed by atoms with Crippen molar-refractivity contribution in [1.82, 2.24) is 10.3 Å². The number of aryl methyl sites for hydroxylation is 1. The van der Waals surface area contributed by atoms with Crippen molar-refractivity contribution in [3.63, 3.8) is 0 Å². The fourth-order valence-corrected chi connectivity index (χ4v) is 2.69. The third-order valence-corrected chi connectivity index (χ3v) is 4.25. The van der Waals surface area contributed by atoms with E-state index in [1.54, 1.807) is 11.3 Å². The van der Waals surface area contributed by atoms with Gasteiger partial charge in [-0.05, 0) is 38.5 Å². The van der Waals surface area contributed by atoms with E-state index in [2.05, 4.69) is 22.6 Å². The summed E-state index contributed by atoms with van der Waals surface area (Å²) in [5.41, 5.74) is 1.52. The fourth-order valence-electron chi connectivity index (χ4n) is 1.98. The first-order chi connectivity index (χ1) is 7.65. The second kappa shape index (κ2) is 4.82. The standard InChI is InChI=1S/C12H20N2OS/c1-9(11-7-16-10(2)14-11)13-8-12(3-4-12)5-6-15/h7,9,13,15H,3-6,8H2,1-2H3. The van der Waals surface area contributed by atoms with Crippen molar-refractivity contribution >= 4 is 11.3 Å². The van der Waals surface area contributed by atoms with E-state index >= 15 is 0 Å². The molecule has 1 heterocycles. The summed E-state index contributed by atoms with van der Waals surface area (Å²) in [5, 5.41) is 15.8. The van der Waals surface area contributed by atoms with Crippen molar-refractivity contribution in [3.8, 4) is 0 Å². The highest BCUT2D eigenvalue weighted by Crippen LogP contribution is 2.48. The van der Waals surface area contributed by atoms with Crippen molar-refractivity contribution in [1.29, 1.82) is 0 Å². The molecule has 1 aromatic heterocycles. The molecule has 0 aromatic carbocycles. The molecule has 1 aliphatic carbocycles. The first-order valence-corrected chi connectivity index (χ1v) is 6.79. The van der Waals surface area contributed by atoms with Gasteiger partial charge in [0.2, 0.25) is 0 Å². The van der Waals surface area contributed by atoms with E-state index in [1.165, 1.54) is 12.8 Å². The molecule has 2 rings (SSSR count). The summed E-state index contributed by atoms with van der Waals surface area (Å²) in [7, 11) is 0. The van der Waals surface area contributed by atoms with Crippen LogP contribution in [0.15, 0.2) is 5.38 Å².